The molecule has 1 amide bonds. The maximum Gasteiger partial charge on any atom is 0.236 e. The van der Waals surface area contributed by atoms with Gasteiger partial charge in [0.2, 0.25) is 11.8 Å². The van der Waals surface area contributed by atoms with Crippen molar-refractivity contribution in [3.05, 3.63) is 29.5 Å². The molecule has 0 aromatic carbocycles. The lowest BCUT2D eigenvalue weighted by Crippen LogP contribution is -2.39. The van der Waals surface area contributed by atoms with Gasteiger partial charge in [0.25, 0.3) is 0 Å². The Morgan fingerprint density at radius 2 is 2.17 bits per heavy atom. The van der Waals surface area contributed by atoms with E-state index in [2.05, 4.69) is 10.3 Å². The molecular weight excluding hydrogens is 369 g/mol. The monoisotopic (exact) mass is 389 g/mol. The summed E-state index contributed by atoms with van der Waals surface area (Å²) in [6.45, 7) is 1.67. The van der Waals surface area contributed by atoms with E-state index >= 15 is 0 Å². The van der Waals surface area contributed by atoms with Gasteiger partial charge in [0, 0.05) is 25.2 Å². The second kappa shape index (κ2) is 8.34. The number of carbonyl (C=O) groups excluding carboxylic acids is 1. The van der Waals surface area contributed by atoms with Crippen molar-refractivity contribution < 1.29 is 9.21 Å². The Bertz CT molecular complexity index is 662. The molecule has 0 aliphatic carbocycles. The van der Waals surface area contributed by atoms with Crippen LogP contribution in [0.1, 0.15) is 25.0 Å². The first-order valence-corrected chi connectivity index (χ1v) is 8.68. The summed E-state index contributed by atoms with van der Waals surface area (Å²) in [5.41, 5.74) is 0.718. The fraction of sp³-hybridized carbons (Fsp3) is 0.500. The van der Waals surface area contributed by atoms with Crippen LogP contribution in [0.3, 0.4) is 0 Å². The number of aromatic nitrogens is 1. The number of nitrogens with one attached hydrogen (secondary N) is 1. The first-order valence-electron chi connectivity index (χ1n) is 7.80. The number of likely N-dealkylation sites (tertiary alicyclic amines) is 1. The zero-order valence-corrected chi connectivity index (χ0v) is 15.6. The largest absolute Gasteiger partial charge is 0.444 e. The molecule has 2 saturated heterocycles. The summed E-state index contributed by atoms with van der Waals surface area (Å²) < 4.78 is 5.49. The molecule has 4 rings (SSSR count). The number of rotatable bonds is 3. The van der Waals surface area contributed by atoms with E-state index in [1.807, 2.05) is 22.4 Å². The standard InChI is InChI=1S/C16H19N3O2S.2ClH/c20-15(19-6-5-11-3-4-12(9-19)17-11)8-13-10-21-16(18-13)14-2-1-7-22-14;;/h1-2,7,10-12,17H,3-6,8-9H2;2*1H. The normalized spacial score (nSPS) is 22.4. The molecule has 24 heavy (non-hydrogen) atoms. The summed E-state index contributed by atoms with van der Waals surface area (Å²) in [5, 5.41) is 5.59. The van der Waals surface area contributed by atoms with Crippen molar-refractivity contribution >= 4 is 42.1 Å². The van der Waals surface area contributed by atoms with E-state index in [1.54, 1.807) is 17.6 Å². The predicted octanol–water partition coefficient (Wildman–Crippen LogP) is 3.14. The number of hydrogen-bond donors (Lipinski definition) is 1. The average Bonchev–Trinajstić information content (AvgIpc) is 3.19. The summed E-state index contributed by atoms with van der Waals surface area (Å²) in [4.78, 5) is 19.9. The highest BCUT2D eigenvalue weighted by Gasteiger charge is 2.31. The molecule has 2 aromatic heterocycles. The Morgan fingerprint density at radius 3 is 2.96 bits per heavy atom. The number of fused-ring (bicyclic) bond motifs is 2. The maximum atomic E-state index is 12.5. The van der Waals surface area contributed by atoms with Gasteiger partial charge in [-0.25, -0.2) is 4.98 Å². The number of hydrogen-bond acceptors (Lipinski definition) is 5. The smallest absolute Gasteiger partial charge is 0.236 e. The minimum Gasteiger partial charge on any atom is -0.444 e. The van der Waals surface area contributed by atoms with E-state index < -0.39 is 0 Å². The minimum absolute atomic E-state index is 0. The zero-order valence-electron chi connectivity index (χ0n) is 13.1. The first kappa shape index (κ1) is 19.2. The summed E-state index contributed by atoms with van der Waals surface area (Å²) in [5.74, 6) is 0.759. The molecule has 2 aliphatic heterocycles. The van der Waals surface area contributed by atoms with Gasteiger partial charge in [-0.05, 0) is 30.7 Å². The summed E-state index contributed by atoms with van der Waals surface area (Å²) in [6, 6.07) is 5.00. The number of halogens is 2. The second-order valence-corrected chi connectivity index (χ2v) is 7.01. The SMILES string of the molecule is Cl.Cl.O=C(Cc1coc(-c2cccs2)n1)N1CCC2CCC(C1)N2. The van der Waals surface area contributed by atoms with Crippen LogP contribution in [0.2, 0.25) is 0 Å². The highest BCUT2D eigenvalue weighted by Crippen LogP contribution is 2.24. The van der Waals surface area contributed by atoms with E-state index in [9.17, 15) is 4.79 Å². The Labute approximate surface area is 157 Å². The lowest BCUT2D eigenvalue weighted by Gasteiger charge is -2.23. The molecule has 0 radical (unpaired) electrons. The predicted molar refractivity (Wildman–Crippen MR) is 99.2 cm³/mol. The van der Waals surface area contributed by atoms with Crippen molar-refractivity contribution in [3.63, 3.8) is 0 Å². The Kier molecular flexibility index (Phi) is 6.69. The van der Waals surface area contributed by atoms with Gasteiger partial charge >= 0.3 is 0 Å². The molecule has 8 heteroatoms. The van der Waals surface area contributed by atoms with Crippen molar-refractivity contribution in [1.82, 2.24) is 15.2 Å². The van der Waals surface area contributed by atoms with Crippen LogP contribution in [-0.2, 0) is 11.2 Å². The van der Waals surface area contributed by atoms with Gasteiger partial charge in [-0.2, -0.15) is 0 Å². The van der Waals surface area contributed by atoms with Crippen LogP contribution in [0.5, 0.6) is 0 Å². The summed E-state index contributed by atoms with van der Waals surface area (Å²) in [7, 11) is 0. The van der Waals surface area contributed by atoms with E-state index in [1.165, 1.54) is 12.8 Å². The van der Waals surface area contributed by atoms with Gasteiger partial charge in [0.05, 0.1) is 17.0 Å². The molecule has 5 nitrogen and oxygen atoms in total. The number of carbonyl (C=O) groups is 1. The zero-order chi connectivity index (χ0) is 14.9. The van der Waals surface area contributed by atoms with Crippen LogP contribution in [0.4, 0.5) is 0 Å². The lowest BCUT2D eigenvalue weighted by molar-refractivity contribution is -0.130. The second-order valence-electron chi connectivity index (χ2n) is 6.06. The minimum atomic E-state index is 0. The van der Waals surface area contributed by atoms with Crippen molar-refractivity contribution in [2.45, 2.75) is 37.8 Å². The number of thiophene rings is 1. The van der Waals surface area contributed by atoms with E-state index in [4.69, 9.17) is 4.42 Å². The number of nitrogens with zero attached hydrogens (tertiary/aromatic N) is 2. The van der Waals surface area contributed by atoms with Crippen LogP contribution in [-0.4, -0.2) is 41.0 Å². The molecule has 2 atom stereocenters. The fourth-order valence-corrected chi connectivity index (χ4v) is 3.99. The maximum absolute atomic E-state index is 12.5. The average molecular weight is 390 g/mol. The van der Waals surface area contributed by atoms with E-state index in [-0.39, 0.29) is 30.7 Å². The highest BCUT2D eigenvalue weighted by atomic mass is 35.5. The van der Waals surface area contributed by atoms with Gasteiger partial charge in [0.1, 0.15) is 6.26 Å². The van der Waals surface area contributed by atoms with Crippen LogP contribution in [0.25, 0.3) is 10.8 Å². The van der Waals surface area contributed by atoms with Crippen LogP contribution in [0.15, 0.2) is 28.2 Å². The van der Waals surface area contributed by atoms with Crippen molar-refractivity contribution in [2.24, 2.45) is 0 Å². The number of oxazole rings is 1. The third-order valence-corrected chi connectivity index (χ3v) is 5.35. The van der Waals surface area contributed by atoms with Gasteiger partial charge < -0.3 is 14.6 Å². The third kappa shape index (κ3) is 4.11. The molecule has 4 heterocycles. The summed E-state index contributed by atoms with van der Waals surface area (Å²) >= 11 is 1.59. The molecule has 2 aromatic rings. The molecular formula is C16H21Cl2N3O2S. The van der Waals surface area contributed by atoms with Crippen molar-refractivity contribution in [2.75, 3.05) is 13.1 Å². The van der Waals surface area contributed by atoms with E-state index in [0.29, 0.717) is 24.4 Å². The van der Waals surface area contributed by atoms with Gasteiger partial charge in [-0.15, -0.1) is 36.2 Å². The molecule has 0 saturated carbocycles. The quantitative estimate of drug-likeness (QED) is 0.875. The Hall–Kier alpha value is -1.08. The summed E-state index contributed by atoms with van der Waals surface area (Å²) in [6.07, 6.45) is 5.42. The molecule has 132 valence electrons. The Morgan fingerprint density at radius 1 is 1.33 bits per heavy atom. The topological polar surface area (TPSA) is 58.4 Å². The van der Waals surface area contributed by atoms with Crippen LogP contribution >= 0.6 is 36.2 Å². The molecule has 2 aliphatic rings. The van der Waals surface area contributed by atoms with Gasteiger partial charge in [-0.1, -0.05) is 6.07 Å². The lowest BCUT2D eigenvalue weighted by atomic mass is 10.1. The van der Waals surface area contributed by atoms with E-state index in [0.717, 1.165) is 30.1 Å². The molecule has 2 unspecified atom stereocenters. The molecule has 2 fully saturated rings. The van der Waals surface area contributed by atoms with Gasteiger partial charge in [0.15, 0.2) is 0 Å². The third-order valence-electron chi connectivity index (χ3n) is 4.49. The number of amides is 1. The van der Waals surface area contributed by atoms with Crippen LogP contribution < -0.4 is 5.32 Å². The molecule has 0 spiro atoms. The first-order chi connectivity index (χ1) is 10.8. The molecule has 1 N–H and O–H groups in total. The fourth-order valence-electron chi connectivity index (χ4n) is 3.34. The highest BCUT2D eigenvalue weighted by molar-refractivity contribution is 7.13. The molecule has 2 bridgehead atoms. The van der Waals surface area contributed by atoms with Crippen molar-refractivity contribution in [1.29, 1.82) is 0 Å². The Balaban J connectivity index is 0.00000104. The van der Waals surface area contributed by atoms with Gasteiger partial charge in [-0.3, -0.25) is 4.79 Å². The van der Waals surface area contributed by atoms with Crippen molar-refractivity contribution in [3.8, 4) is 10.8 Å². The van der Waals surface area contributed by atoms with Crippen LogP contribution in [0, 0.1) is 0 Å².